The Kier molecular flexibility index (Phi) is 7.17. The molecule has 0 spiro atoms. The van der Waals surface area contributed by atoms with Gasteiger partial charge in [-0.2, -0.15) is 0 Å². The predicted molar refractivity (Wildman–Crippen MR) is 93.3 cm³/mol. The summed E-state index contributed by atoms with van der Waals surface area (Å²) in [6.45, 7) is 6.25. The highest BCUT2D eigenvalue weighted by Gasteiger charge is 2.05. The fourth-order valence-electron chi connectivity index (χ4n) is 2.04. The molecule has 23 heavy (non-hydrogen) atoms. The molecule has 0 saturated carbocycles. The van der Waals surface area contributed by atoms with Gasteiger partial charge in [0.05, 0.1) is 17.7 Å². The minimum absolute atomic E-state index is 0.121. The van der Waals surface area contributed by atoms with Gasteiger partial charge in [-0.3, -0.25) is 0 Å². The number of hydrogen-bond acceptors (Lipinski definition) is 4. The Bertz CT molecular complexity index is 591. The lowest BCUT2D eigenvalue weighted by molar-refractivity contribution is 0.242. The maximum absolute atomic E-state index is 6.22. The SMILES string of the molecule is CC(C)Oc1ccc(CNCCCOc2ccccn2)cc1Cl. The fourth-order valence-corrected chi connectivity index (χ4v) is 2.29. The highest BCUT2D eigenvalue weighted by Crippen LogP contribution is 2.26. The van der Waals surface area contributed by atoms with Crippen LogP contribution in [0.15, 0.2) is 42.6 Å². The Morgan fingerprint density at radius 3 is 2.78 bits per heavy atom. The van der Waals surface area contributed by atoms with Gasteiger partial charge in [-0.1, -0.05) is 23.7 Å². The molecule has 0 aliphatic rings. The summed E-state index contributed by atoms with van der Waals surface area (Å²) in [4.78, 5) is 4.11. The molecular weight excluding hydrogens is 312 g/mol. The summed E-state index contributed by atoms with van der Waals surface area (Å²) >= 11 is 6.22. The van der Waals surface area contributed by atoms with Crippen molar-refractivity contribution in [1.82, 2.24) is 10.3 Å². The van der Waals surface area contributed by atoms with Crippen LogP contribution in [-0.2, 0) is 6.54 Å². The van der Waals surface area contributed by atoms with Gasteiger partial charge in [0, 0.05) is 18.8 Å². The first kappa shape index (κ1) is 17.6. The largest absolute Gasteiger partial charge is 0.489 e. The van der Waals surface area contributed by atoms with Gasteiger partial charge >= 0.3 is 0 Å². The monoisotopic (exact) mass is 334 g/mol. The van der Waals surface area contributed by atoms with Gasteiger partial charge < -0.3 is 14.8 Å². The van der Waals surface area contributed by atoms with E-state index in [4.69, 9.17) is 21.1 Å². The second kappa shape index (κ2) is 9.38. The lowest BCUT2D eigenvalue weighted by Gasteiger charge is -2.12. The summed E-state index contributed by atoms with van der Waals surface area (Å²) in [6.07, 6.45) is 2.76. The number of nitrogens with one attached hydrogen (secondary N) is 1. The molecule has 1 aromatic carbocycles. The van der Waals surface area contributed by atoms with Crippen LogP contribution < -0.4 is 14.8 Å². The van der Waals surface area contributed by atoms with E-state index in [0.717, 1.165) is 30.8 Å². The molecular formula is C18H23ClN2O2. The molecule has 0 radical (unpaired) electrons. The van der Waals surface area contributed by atoms with E-state index < -0.39 is 0 Å². The number of ether oxygens (including phenoxy) is 2. The average molecular weight is 335 g/mol. The van der Waals surface area contributed by atoms with Gasteiger partial charge in [0.25, 0.3) is 0 Å². The van der Waals surface area contributed by atoms with E-state index in [0.29, 0.717) is 17.5 Å². The van der Waals surface area contributed by atoms with E-state index in [9.17, 15) is 0 Å². The molecule has 2 rings (SSSR count). The number of nitrogens with zero attached hydrogens (tertiary/aromatic N) is 1. The van der Waals surface area contributed by atoms with Crippen LogP contribution in [0.1, 0.15) is 25.8 Å². The van der Waals surface area contributed by atoms with Crippen LogP contribution >= 0.6 is 11.6 Å². The number of hydrogen-bond donors (Lipinski definition) is 1. The number of rotatable bonds is 9. The predicted octanol–water partition coefficient (Wildman–Crippen LogP) is 4.08. The smallest absolute Gasteiger partial charge is 0.213 e. The Balaban J connectivity index is 1.65. The first-order chi connectivity index (χ1) is 11.1. The molecule has 0 bridgehead atoms. The molecule has 2 aromatic rings. The summed E-state index contributed by atoms with van der Waals surface area (Å²) in [5, 5.41) is 4.03. The Morgan fingerprint density at radius 2 is 2.09 bits per heavy atom. The zero-order chi connectivity index (χ0) is 16.5. The third-order valence-electron chi connectivity index (χ3n) is 3.07. The van der Waals surface area contributed by atoms with Crippen LogP contribution in [0.2, 0.25) is 5.02 Å². The zero-order valence-corrected chi connectivity index (χ0v) is 14.3. The molecule has 4 nitrogen and oxygen atoms in total. The van der Waals surface area contributed by atoms with Gasteiger partial charge in [0.2, 0.25) is 5.88 Å². The average Bonchev–Trinajstić information content (AvgIpc) is 2.54. The second-order valence-electron chi connectivity index (χ2n) is 5.48. The van der Waals surface area contributed by atoms with Crippen molar-refractivity contribution in [2.24, 2.45) is 0 Å². The lowest BCUT2D eigenvalue weighted by Crippen LogP contribution is -2.17. The van der Waals surface area contributed by atoms with Crippen LogP contribution in [0.25, 0.3) is 0 Å². The first-order valence-corrected chi connectivity index (χ1v) is 8.22. The van der Waals surface area contributed by atoms with E-state index in [2.05, 4.69) is 10.3 Å². The molecule has 1 aromatic heterocycles. The van der Waals surface area contributed by atoms with Gasteiger partial charge in [-0.15, -0.1) is 0 Å². The Morgan fingerprint density at radius 1 is 1.22 bits per heavy atom. The quantitative estimate of drug-likeness (QED) is 0.702. The molecule has 1 N–H and O–H groups in total. The molecule has 0 atom stereocenters. The van der Waals surface area contributed by atoms with E-state index in [-0.39, 0.29) is 6.10 Å². The second-order valence-corrected chi connectivity index (χ2v) is 5.89. The molecule has 0 aliphatic carbocycles. The number of pyridine rings is 1. The molecule has 0 fully saturated rings. The van der Waals surface area contributed by atoms with E-state index in [1.165, 1.54) is 0 Å². The van der Waals surface area contributed by atoms with Crippen LogP contribution in [0, 0.1) is 0 Å². The molecule has 5 heteroatoms. The van der Waals surface area contributed by atoms with E-state index in [1.54, 1.807) is 6.20 Å². The van der Waals surface area contributed by atoms with Crippen molar-refractivity contribution < 1.29 is 9.47 Å². The molecule has 0 amide bonds. The zero-order valence-electron chi connectivity index (χ0n) is 13.6. The molecule has 124 valence electrons. The third kappa shape index (κ3) is 6.47. The van der Waals surface area contributed by atoms with Crippen molar-refractivity contribution >= 4 is 11.6 Å². The summed E-state index contributed by atoms with van der Waals surface area (Å²) in [7, 11) is 0. The summed E-state index contributed by atoms with van der Waals surface area (Å²) < 4.78 is 11.2. The summed E-state index contributed by atoms with van der Waals surface area (Å²) in [5.74, 6) is 1.40. The standard InChI is InChI=1S/C18H23ClN2O2/c1-14(2)23-17-8-7-15(12-16(17)19)13-20-9-5-11-22-18-6-3-4-10-21-18/h3-4,6-8,10,12,14,20H,5,9,11,13H2,1-2H3. The number of aromatic nitrogens is 1. The number of halogens is 1. The van der Waals surface area contributed by atoms with Gasteiger partial charge in [0.15, 0.2) is 0 Å². The van der Waals surface area contributed by atoms with Gasteiger partial charge in [0.1, 0.15) is 5.75 Å². The van der Waals surface area contributed by atoms with Crippen molar-refractivity contribution in [2.75, 3.05) is 13.2 Å². The summed E-state index contributed by atoms with van der Waals surface area (Å²) in [5.41, 5.74) is 1.14. The number of benzene rings is 1. The summed E-state index contributed by atoms with van der Waals surface area (Å²) in [6, 6.07) is 11.5. The van der Waals surface area contributed by atoms with Crippen LogP contribution in [0.3, 0.4) is 0 Å². The Labute approximate surface area is 142 Å². The minimum atomic E-state index is 0.121. The maximum Gasteiger partial charge on any atom is 0.213 e. The fraction of sp³-hybridized carbons (Fsp3) is 0.389. The molecule has 0 unspecified atom stereocenters. The van der Waals surface area contributed by atoms with Crippen molar-refractivity contribution in [3.8, 4) is 11.6 Å². The molecule has 0 saturated heterocycles. The Hall–Kier alpha value is -1.78. The van der Waals surface area contributed by atoms with Gasteiger partial charge in [-0.25, -0.2) is 4.98 Å². The normalized spacial score (nSPS) is 10.8. The van der Waals surface area contributed by atoms with Crippen molar-refractivity contribution in [2.45, 2.75) is 32.9 Å². The first-order valence-electron chi connectivity index (χ1n) is 7.85. The maximum atomic E-state index is 6.22. The topological polar surface area (TPSA) is 43.4 Å². The van der Waals surface area contributed by atoms with Crippen LogP contribution in [-0.4, -0.2) is 24.2 Å². The van der Waals surface area contributed by atoms with Crippen molar-refractivity contribution in [3.63, 3.8) is 0 Å². The molecule has 0 aliphatic heterocycles. The van der Waals surface area contributed by atoms with Crippen LogP contribution in [0.5, 0.6) is 11.6 Å². The van der Waals surface area contributed by atoms with Crippen LogP contribution in [0.4, 0.5) is 0 Å². The van der Waals surface area contributed by atoms with E-state index >= 15 is 0 Å². The molecule has 1 heterocycles. The van der Waals surface area contributed by atoms with E-state index in [1.807, 2.05) is 50.2 Å². The third-order valence-corrected chi connectivity index (χ3v) is 3.37. The van der Waals surface area contributed by atoms with Crippen molar-refractivity contribution in [3.05, 3.63) is 53.2 Å². The minimum Gasteiger partial charge on any atom is -0.489 e. The van der Waals surface area contributed by atoms with Gasteiger partial charge in [-0.05, 0) is 50.6 Å². The highest BCUT2D eigenvalue weighted by atomic mass is 35.5. The lowest BCUT2D eigenvalue weighted by atomic mass is 10.2. The van der Waals surface area contributed by atoms with Crippen molar-refractivity contribution in [1.29, 1.82) is 0 Å². The highest BCUT2D eigenvalue weighted by molar-refractivity contribution is 6.32.